The molecule has 214 valence electrons. The number of carbonyl (C=O) groups is 1. The van der Waals surface area contributed by atoms with Crippen LogP contribution in [0, 0.1) is 0 Å². The van der Waals surface area contributed by atoms with Crippen molar-refractivity contribution in [3.8, 4) is 5.75 Å². The van der Waals surface area contributed by atoms with Crippen molar-refractivity contribution in [2.24, 2.45) is 0 Å². The van der Waals surface area contributed by atoms with Gasteiger partial charge in [0.05, 0.1) is 13.2 Å². The summed E-state index contributed by atoms with van der Waals surface area (Å²) < 4.78 is 11.9. The molecule has 39 heavy (non-hydrogen) atoms. The number of esters is 1. The van der Waals surface area contributed by atoms with Gasteiger partial charge in [0, 0.05) is 75.6 Å². The lowest BCUT2D eigenvalue weighted by atomic mass is 9.99. The van der Waals surface area contributed by atoms with Crippen molar-refractivity contribution in [2.45, 2.75) is 40.2 Å². The molecule has 0 unspecified atom stereocenters. The van der Waals surface area contributed by atoms with Crippen LogP contribution in [0.5, 0.6) is 5.75 Å². The number of benzene rings is 2. The van der Waals surface area contributed by atoms with Crippen molar-refractivity contribution in [1.82, 2.24) is 9.80 Å². The Labute approximate surface area is 237 Å². The Morgan fingerprint density at radius 2 is 1.77 bits per heavy atom. The van der Waals surface area contributed by atoms with Crippen molar-refractivity contribution < 1.29 is 19.4 Å². The van der Waals surface area contributed by atoms with Crippen LogP contribution in [0.1, 0.15) is 38.3 Å². The molecule has 1 N–H and O–H groups in total. The zero-order valence-electron chi connectivity index (χ0n) is 24.0. The molecule has 0 spiro atoms. The maximum atomic E-state index is 9.82. The van der Waals surface area contributed by atoms with Gasteiger partial charge in [-0.25, -0.2) is 0 Å². The monoisotopic (exact) mass is 555 g/mol. The highest BCUT2D eigenvalue weighted by atomic mass is 32.1. The molecule has 8 heteroatoms. The van der Waals surface area contributed by atoms with Gasteiger partial charge in [-0.15, -0.1) is 11.3 Å². The molecule has 0 saturated carbocycles. The third-order valence-electron chi connectivity index (χ3n) is 7.14. The van der Waals surface area contributed by atoms with E-state index in [1.807, 2.05) is 11.3 Å². The van der Waals surface area contributed by atoms with Crippen LogP contribution in [0.3, 0.4) is 0 Å². The Hall–Kier alpha value is -2.65. The first-order valence-electron chi connectivity index (χ1n) is 14.1. The van der Waals surface area contributed by atoms with Gasteiger partial charge in [0.25, 0.3) is 0 Å². The second-order valence-electron chi connectivity index (χ2n) is 9.61. The molecule has 2 aliphatic heterocycles. The van der Waals surface area contributed by atoms with Crippen LogP contribution in [-0.2, 0) is 22.5 Å². The zero-order chi connectivity index (χ0) is 28.0. The lowest BCUT2D eigenvalue weighted by molar-refractivity contribution is -0.140. The third kappa shape index (κ3) is 9.21. The average molecular weight is 556 g/mol. The molecule has 0 aliphatic carbocycles. The van der Waals surface area contributed by atoms with Crippen LogP contribution < -0.4 is 9.64 Å². The van der Waals surface area contributed by atoms with Crippen LogP contribution in [0.2, 0.25) is 0 Å². The van der Waals surface area contributed by atoms with Gasteiger partial charge in [-0.05, 0) is 73.1 Å². The number of hydrogen-bond acceptors (Lipinski definition) is 8. The second-order valence-corrected chi connectivity index (χ2v) is 10.6. The maximum absolute atomic E-state index is 9.82. The Morgan fingerprint density at radius 3 is 2.46 bits per heavy atom. The van der Waals surface area contributed by atoms with E-state index in [9.17, 15) is 4.79 Å². The van der Waals surface area contributed by atoms with Gasteiger partial charge in [0.2, 0.25) is 0 Å². The van der Waals surface area contributed by atoms with E-state index in [1.54, 1.807) is 6.92 Å². The van der Waals surface area contributed by atoms with E-state index in [2.05, 4.69) is 74.2 Å². The number of aliphatic hydroxyl groups excluding tert-OH is 1. The molecule has 5 rings (SSSR count). The topological polar surface area (TPSA) is 65.5 Å². The van der Waals surface area contributed by atoms with Gasteiger partial charge < -0.3 is 19.5 Å². The molecule has 0 amide bonds. The van der Waals surface area contributed by atoms with Crippen molar-refractivity contribution in [1.29, 1.82) is 0 Å². The predicted molar refractivity (Wildman–Crippen MR) is 162 cm³/mol. The van der Waals surface area contributed by atoms with E-state index in [0.717, 1.165) is 78.1 Å². The molecule has 1 fully saturated rings. The molecule has 1 aromatic heterocycles. The molecule has 7 nitrogen and oxygen atoms in total. The van der Waals surface area contributed by atoms with E-state index in [0.29, 0.717) is 6.61 Å². The summed E-state index contributed by atoms with van der Waals surface area (Å²) in [4.78, 5) is 17.5. The van der Waals surface area contributed by atoms with Crippen LogP contribution in [-0.4, -0.2) is 87.0 Å². The predicted octanol–water partition coefficient (Wildman–Crippen LogP) is 5.05. The Kier molecular flexibility index (Phi) is 13.0. The van der Waals surface area contributed by atoms with Crippen LogP contribution in [0.15, 0.2) is 47.8 Å². The van der Waals surface area contributed by atoms with Gasteiger partial charge in [0.1, 0.15) is 5.75 Å². The first-order chi connectivity index (χ1) is 19.1. The van der Waals surface area contributed by atoms with E-state index in [1.165, 1.54) is 40.4 Å². The van der Waals surface area contributed by atoms with Crippen LogP contribution in [0.4, 0.5) is 5.69 Å². The van der Waals surface area contributed by atoms with Gasteiger partial charge in [-0.2, -0.15) is 0 Å². The molecule has 3 aromatic rings. The highest BCUT2D eigenvalue weighted by Crippen LogP contribution is 2.31. The summed E-state index contributed by atoms with van der Waals surface area (Å²) in [6.07, 6.45) is 2.24. The van der Waals surface area contributed by atoms with E-state index in [4.69, 9.17) is 9.84 Å². The first-order valence-corrected chi connectivity index (χ1v) is 14.9. The van der Waals surface area contributed by atoms with Gasteiger partial charge in [-0.3, -0.25) is 14.6 Å². The fourth-order valence-electron chi connectivity index (χ4n) is 5.10. The number of ether oxygens (including phenoxy) is 2. The molecule has 0 radical (unpaired) electrons. The molecule has 2 aromatic carbocycles. The Bertz CT molecular complexity index is 1140. The Balaban J connectivity index is 0.000000467. The lowest BCUT2D eigenvalue weighted by Gasteiger charge is -2.36. The first kappa shape index (κ1) is 30.9. The number of rotatable bonds is 8. The standard InChI is InChI=1S/C26H33N3OS.C4H8O2.CH4O/c1-2-27-12-9-21-7-8-23(19-22(21)20-27)30-17-4-11-28-13-15-29(16-14-28)25-5-3-6-26-24(25)10-18-31-26;1-3-6-4(2)5;1-2/h3,5-8,10,18-19H,2,4,9,11-17,20H2,1H3;3H2,1-2H3;2H,1H3. The second kappa shape index (κ2) is 16.5. The summed E-state index contributed by atoms with van der Waals surface area (Å²) in [5, 5.41) is 10.6. The minimum absolute atomic E-state index is 0.211. The minimum Gasteiger partial charge on any atom is -0.494 e. The van der Waals surface area contributed by atoms with E-state index >= 15 is 0 Å². The summed E-state index contributed by atoms with van der Waals surface area (Å²) in [6, 6.07) is 15.6. The number of nitrogens with zero attached hydrogens (tertiary/aromatic N) is 3. The number of aliphatic hydroxyl groups is 1. The number of fused-ring (bicyclic) bond motifs is 2. The smallest absolute Gasteiger partial charge is 0.302 e. The highest BCUT2D eigenvalue weighted by Gasteiger charge is 2.19. The number of likely N-dealkylation sites (N-methyl/N-ethyl adjacent to an activating group) is 1. The van der Waals surface area contributed by atoms with Crippen LogP contribution >= 0.6 is 11.3 Å². The molecular formula is C31H45N3O4S. The number of hydrogen-bond donors (Lipinski definition) is 1. The summed E-state index contributed by atoms with van der Waals surface area (Å²) >= 11 is 1.83. The summed E-state index contributed by atoms with van der Waals surface area (Å²) in [5.41, 5.74) is 4.34. The van der Waals surface area contributed by atoms with Gasteiger partial charge >= 0.3 is 5.97 Å². The molecular weight excluding hydrogens is 510 g/mol. The maximum Gasteiger partial charge on any atom is 0.302 e. The zero-order valence-corrected chi connectivity index (χ0v) is 24.8. The fraction of sp³-hybridized carbons (Fsp3) is 0.516. The SMILES string of the molecule is CCN1CCc2ccc(OCCCN3CCN(c4cccc5sccc45)CC3)cc2C1.CCOC(C)=O.CO. The lowest BCUT2D eigenvalue weighted by Crippen LogP contribution is -2.46. The summed E-state index contributed by atoms with van der Waals surface area (Å²) in [5.74, 6) is 0.822. The number of thiophene rings is 1. The minimum atomic E-state index is -0.211. The van der Waals surface area contributed by atoms with Crippen LogP contribution in [0.25, 0.3) is 10.1 Å². The molecule has 0 bridgehead atoms. The summed E-state index contributed by atoms with van der Waals surface area (Å²) in [6.45, 7) is 15.7. The highest BCUT2D eigenvalue weighted by molar-refractivity contribution is 7.17. The van der Waals surface area contributed by atoms with E-state index in [-0.39, 0.29) is 5.97 Å². The Morgan fingerprint density at radius 1 is 0.974 bits per heavy atom. The summed E-state index contributed by atoms with van der Waals surface area (Å²) in [7, 11) is 1.00. The average Bonchev–Trinajstić information content (AvgIpc) is 3.46. The fourth-order valence-corrected chi connectivity index (χ4v) is 5.91. The molecule has 3 heterocycles. The van der Waals surface area contributed by atoms with Crippen molar-refractivity contribution in [3.63, 3.8) is 0 Å². The quantitative estimate of drug-likeness (QED) is 0.308. The van der Waals surface area contributed by atoms with E-state index < -0.39 is 0 Å². The normalized spacial score (nSPS) is 15.5. The van der Waals surface area contributed by atoms with Gasteiger partial charge in [0.15, 0.2) is 0 Å². The molecule has 1 saturated heterocycles. The number of carbonyl (C=O) groups excluding carboxylic acids is 1. The molecule has 2 aliphatic rings. The van der Waals surface area contributed by atoms with Crippen molar-refractivity contribution in [3.05, 3.63) is 59.0 Å². The van der Waals surface area contributed by atoms with Crippen molar-refractivity contribution in [2.75, 3.05) is 71.0 Å². The number of piperazine rings is 1. The largest absolute Gasteiger partial charge is 0.494 e. The third-order valence-corrected chi connectivity index (χ3v) is 8.02. The van der Waals surface area contributed by atoms with Crippen molar-refractivity contribution >= 4 is 33.1 Å². The van der Waals surface area contributed by atoms with Gasteiger partial charge in [-0.1, -0.05) is 19.1 Å². The number of anilines is 1. The molecule has 0 atom stereocenters.